The van der Waals surface area contributed by atoms with Crippen molar-refractivity contribution in [2.75, 3.05) is 12.3 Å². The summed E-state index contributed by atoms with van der Waals surface area (Å²) in [5.41, 5.74) is 2.66. The molecule has 0 bridgehead atoms. The van der Waals surface area contributed by atoms with Crippen molar-refractivity contribution in [2.24, 2.45) is 0 Å². The highest BCUT2D eigenvalue weighted by Gasteiger charge is 2.34. The molecule has 2 amide bonds. The second-order valence-corrected chi connectivity index (χ2v) is 6.90. The molecule has 2 heterocycles. The zero-order valence-corrected chi connectivity index (χ0v) is 13.7. The highest BCUT2D eigenvalue weighted by molar-refractivity contribution is 7.99. The van der Waals surface area contributed by atoms with E-state index in [4.69, 9.17) is 0 Å². The van der Waals surface area contributed by atoms with E-state index in [0.717, 1.165) is 35.5 Å². The lowest BCUT2D eigenvalue weighted by atomic mass is 10.1. The Bertz CT molecular complexity index is 871. The topological polar surface area (TPSA) is 83.1 Å². The summed E-state index contributed by atoms with van der Waals surface area (Å²) >= 11 is 1.43. The number of amides is 2. The highest BCUT2D eigenvalue weighted by atomic mass is 32.2. The molecule has 0 spiro atoms. The maximum absolute atomic E-state index is 12.3. The molecular weight excluding hydrogens is 326 g/mol. The number of fused-ring (bicyclic) bond motifs is 2. The summed E-state index contributed by atoms with van der Waals surface area (Å²) in [7, 11) is 0. The Kier molecular flexibility index (Phi) is 3.72. The van der Waals surface area contributed by atoms with Gasteiger partial charge in [-0.25, -0.2) is 4.79 Å². The Morgan fingerprint density at radius 1 is 1.08 bits per heavy atom. The molecule has 0 radical (unpaired) electrons. The van der Waals surface area contributed by atoms with E-state index in [9.17, 15) is 14.4 Å². The molecule has 2 aromatic rings. The van der Waals surface area contributed by atoms with E-state index in [2.05, 4.69) is 9.97 Å². The molecule has 1 aromatic heterocycles. The molecule has 0 unspecified atom stereocenters. The average molecular weight is 341 g/mol. The molecule has 1 aromatic carbocycles. The summed E-state index contributed by atoms with van der Waals surface area (Å²) in [5.74, 6) is 0.0227. The fourth-order valence-corrected chi connectivity index (χ4v) is 4.24. The van der Waals surface area contributed by atoms with Crippen LogP contribution in [0.5, 0.6) is 0 Å². The number of benzene rings is 1. The summed E-state index contributed by atoms with van der Waals surface area (Å²) in [5, 5.41) is 0.725. The first-order valence-electron chi connectivity index (χ1n) is 7.85. The Labute approximate surface area is 142 Å². The first kappa shape index (κ1) is 15.1. The molecular formula is C17H15N3O3S. The third-order valence-corrected chi connectivity index (χ3v) is 5.37. The van der Waals surface area contributed by atoms with Crippen LogP contribution in [0.2, 0.25) is 0 Å². The first-order valence-corrected chi connectivity index (χ1v) is 8.84. The van der Waals surface area contributed by atoms with Crippen LogP contribution in [0.1, 0.15) is 38.4 Å². The number of thioether (sulfide) groups is 1. The van der Waals surface area contributed by atoms with Crippen LogP contribution in [0, 0.1) is 0 Å². The zero-order valence-electron chi connectivity index (χ0n) is 12.9. The van der Waals surface area contributed by atoms with Crippen molar-refractivity contribution in [3.8, 4) is 0 Å². The molecule has 24 heavy (non-hydrogen) atoms. The smallest absolute Gasteiger partial charge is 0.309 e. The van der Waals surface area contributed by atoms with Crippen LogP contribution in [0.3, 0.4) is 0 Å². The molecule has 0 atom stereocenters. The number of carbonyl (C=O) groups excluding carboxylic acids is 2. The lowest BCUT2D eigenvalue weighted by Gasteiger charge is -2.13. The molecule has 1 aliphatic heterocycles. The predicted octanol–water partition coefficient (Wildman–Crippen LogP) is 1.65. The van der Waals surface area contributed by atoms with E-state index in [1.807, 2.05) is 0 Å². The maximum Gasteiger partial charge on any atom is 0.346 e. The van der Waals surface area contributed by atoms with Gasteiger partial charge < -0.3 is 4.98 Å². The van der Waals surface area contributed by atoms with Crippen molar-refractivity contribution >= 4 is 23.6 Å². The minimum absolute atomic E-state index is 0.250. The SMILES string of the molecule is O=C1c2ccccc2C(=O)N1CCSc1nc(=O)[nH]c2c1CCC2. The number of carbonyl (C=O) groups is 2. The number of nitrogens with zero attached hydrogens (tertiary/aromatic N) is 2. The van der Waals surface area contributed by atoms with Gasteiger partial charge in [-0.2, -0.15) is 4.98 Å². The van der Waals surface area contributed by atoms with Gasteiger partial charge in [0.15, 0.2) is 0 Å². The van der Waals surface area contributed by atoms with E-state index in [0.29, 0.717) is 23.4 Å². The van der Waals surface area contributed by atoms with Crippen LogP contribution in [-0.4, -0.2) is 39.0 Å². The van der Waals surface area contributed by atoms with Gasteiger partial charge in [-0.1, -0.05) is 12.1 Å². The van der Waals surface area contributed by atoms with E-state index < -0.39 is 0 Å². The molecule has 122 valence electrons. The number of aromatic amines is 1. The number of aromatic nitrogens is 2. The molecule has 0 fully saturated rings. The van der Waals surface area contributed by atoms with E-state index in [1.54, 1.807) is 24.3 Å². The van der Waals surface area contributed by atoms with Gasteiger partial charge in [-0.05, 0) is 31.4 Å². The number of rotatable bonds is 4. The van der Waals surface area contributed by atoms with Crippen LogP contribution >= 0.6 is 11.8 Å². The van der Waals surface area contributed by atoms with Crippen molar-refractivity contribution in [3.63, 3.8) is 0 Å². The highest BCUT2D eigenvalue weighted by Crippen LogP contribution is 2.28. The van der Waals surface area contributed by atoms with Gasteiger partial charge in [-0.3, -0.25) is 14.5 Å². The summed E-state index contributed by atoms with van der Waals surface area (Å²) in [6.45, 7) is 0.306. The van der Waals surface area contributed by atoms with Crippen molar-refractivity contribution in [3.05, 3.63) is 57.1 Å². The lowest BCUT2D eigenvalue weighted by molar-refractivity contribution is 0.0664. The molecule has 0 saturated carbocycles. The number of aryl methyl sites for hydroxylation is 1. The minimum Gasteiger partial charge on any atom is -0.309 e. The summed E-state index contributed by atoms with van der Waals surface area (Å²) in [4.78, 5) is 44.4. The quantitative estimate of drug-likeness (QED) is 0.519. The van der Waals surface area contributed by atoms with Gasteiger partial charge in [0.1, 0.15) is 5.03 Å². The van der Waals surface area contributed by atoms with Crippen LogP contribution in [0.4, 0.5) is 0 Å². The zero-order chi connectivity index (χ0) is 16.7. The van der Waals surface area contributed by atoms with Gasteiger partial charge >= 0.3 is 5.69 Å². The standard InChI is InChI=1S/C17H15N3O3S/c21-15-10-4-1-2-5-11(10)16(22)20(15)8-9-24-14-12-6-3-7-13(12)18-17(23)19-14/h1-2,4-5H,3,6-9H2,(H,18,19,23). The van der Waals surface area contributed by atoms with Gasteiger partial charge in [0.2, 0.25) is 0 Å². The van der Waals surface area contributed by atoms with Gasteiger partial charge in [-0.15, -0.1) is 11.8 Å². The third-order valence-electron chi connectivity index (χ3n) is 4.37. The third kappa shape index (κ3) is 2.45. The molecule has 7 heteroatoms. The molecule has 4 rings (SSSR count). The van der Waals surface area contributed by atoms with E-state index in [1.165, 1.54) is 16.7 Å². The van der Waals surface area contributed by atoms with Gasteiger partial charge in [0, 0.05) is 23.6 Å². The normalized spacial score (nSPS) is 15.8. The Morgan fingerprint density at radius 3 is 2.50 bits per heavy atom. The minimum atomic E-state index is -0.334. The Morgan fingerprint density at radius 2 is 1.79 bits per heavy atom. The molecule has 6 nitrogen and oxygen atoms in total. The van der Waals surface area contributed by atoms with Gasteiger partial charge in [0.05, 0.1) is 11.1 Å². The van der Waals surface area contributed by atoms with Crippen molar-refractivity contribution < 1.29 is 9.59 Å². The molecule has 1 N–H and O–H groups in total. The predicted molar refractivity (Wildman–Crippen MR) is 89.4 cm³/mol. The van der Waals surface area contributed by atoms with Crippen LogP contribution in [-0.2, 0) is 12.8 Å². The van der Waals surface area contributed by atoms with Crippen LogP contribution in [0.25, 0.3) is 0 Å². The van der Waals surface area contributed by atoms with E-state index >= 15 is 0 Å². The number of imide groups is 1. The van der Waals surface area contributed by atoms with Crippen molar-refractivity contribution in [1.82, 2.24) is 14.9 Å². The Hall–Kier alpha value is -2.41. The summed E-state index contributed by atoms with van der Waals surface area (Å²) in [6.07, 6.45) is 2.80. The second-order valence-electron chi connectivity index (χ2n) is 5.81. The van der Waals surface area contributed by atoms with Crippen LogP contribution < -0.4 is 5.69 Å². The average Bonchev–Trinajstić information content (AvgIpc) is 3.13. The number of H-pyrrole nitrogens is 1. The second kappa shape index (κ2) is 5.90. The first-order chi connectivity index (χ1) is 11.6. The van der Waals surface area contributed by atoms with Crippen molar-refractivity contribution in [1.29, 1.82) is 0 Å². The van der Waals surface area contributed by atoms with Crippen molar-refractivity contribution in [2.45, 2.75) is 24.3 Å². The maximum atomic E-state index is 12.3. The van der Waals surface area contributed by atoms with E-state index in [-0.39, 0.29) is 17.5 Å². The largest absolute Gasteiger partial charge is 0.346 e. The summed E-state index contributed by atoms with van der Waals surface area (Å²) in [6, 6.07) is 6.86. The Balaban J connectivity index is 1.47. The summed E-state index contributed by atoms with van der Waals surface area (Å²) < 4.78 is 0. The molecule has 2 aliphatic rings. The monoisotopic (exact) mass is 341 g/mol. The number of hydrogen-bond donors (Lipinski definition) is 1. The fraction of sp³-hybridized carbons (Fsp3) is 0.294. The van der Waals surface area contributed by atoms with Crippen LogP contribution in [0.15, 0.2) is 34.1 Å². The molecule has 0 saturated heterocycles. The number of hydrogen-bond acceptors (Lipinski definition) is 5. The van der Waals surface area contributed by atoms with Gasteiger partial charge in [0.25, 0.3) is 11.8 Å². The fourth-order valence-electron chi connectivity index (χ4n) is 3.23. The number of nitrogens with one attached hydrogen (secondary N) is 1. The lowest BCUT2D eigenvalue weighted by Crippen LogP contribution is -2.31. The molecule has 1 aliphatic carbocycles.